The van der Waals surface area contributed by atoms with E-state index in [-0.39, 0.29) is 5.91 Å². The Balaban J connectivity index is 2.30. The monoisotopic (exact) mass is 224 g/mol. The van der Waals surface area contributed by atoms with Crippen LogP contribution in [0, 0.1) is 5.92 Å². The highest BCUT2D eigenvalue weighted by molar-refractivity contribution is 5.76. The van der Waals surface area contributed by atoms with E-state index in [9.17, 15) is 4.79 Å². The fourth-order valence-electron chi connectivity index (χ4n) is 2.18. The number of hydrogen-bond acceptors (Lipinski definition) is 2. The molecule has 1 amide bonds. The molecule has 0 aromatic heterocycles. The molecule has 3 nitrogen and oxygen atoms in total. The van der Waals surface area contributed by atoms with E-state index >= 15 is 0 Å². The van der Waals surface area contributed by atoms with Crippen LogP contribution in [-0.2, 0) is 4.79 Å². The zero-order valence-corrected chi connectivity index (χ0v) is 10.5. The largest absolute Gasteiger partial charge is 0.352 e. The molecular formula is C13H24N2O. The van der Waals surface area contributed by atoms with Crippen molar-refractivity contribution in [3.05, 3.63) is 12.7 Å². The third-order valence-corrected chi connectivity index (χ3v) is 2.85. The average molecular weight is 224 g/mol. The molecule has 1 aliphatic heterocycles. The SMILES string of the molecule is C=CCN1CCCC(NC(=O)CC(C)C)C1. The maximum atomic E-state index is 11.6. The van der Waals surface area contributed by atoms with Gasteiger partial charge in [-0.25, -0.2) is 0 Å². The highest BCUT2D eigenvalue weighted by atomic mass is 16.1. The van der Waals surface area contributed by atoms with Crippen LogP contribution in [0.25, 0.3) is 0 Å². The fraction of sp³-hybridized carbons (Fsp3) is 0.769. The van der Waals surface area contributed by atoms with Crippen molar-refractivity contribution in [3.8, 4) is 0 Å². The molecule has 1 aliphatic rings. The van der Waals surface area contributed by atoms with E-state index in [4.69, 9.17) is 0 Å². The second-order valence-electron chi connectivity index (χ2n) is 5.05. The van der Waals surface area contributed by atoms with Crippen molar-refractivity contribution in [2.75, 3.05) is 19.6 Å². The molecule has 0 spiro atoms. The van der Waals surface area contributed by atoms with Crippen LogP contribution in [0.15, 0.2) is 12.7 Å². The van der Waals surface area contributed by atoms with Crippen LogP contribution in [-0.4, -0.2) is 36.5 Å². The van der Waals surface area contributed by atoms with Gasteiger partial charge in [0.25, 0.3) is 0 Å². The zero-order valence-electron chi connectivity index (χ0n) is 10.5. The topological polar surface area (TPSA) is 32.3 Å². The third kappa shape index (κ3) is 4.79. The second-order valence-corrected chi connectivity index (χ2v) is 5.05. The molecule has 16 heavy (non-hydrogen) atoms. The molecule has 1 atom stereocenters. The summed E-state index contributed by atoms with van der Waals surface area (Å²) in [5.41, 5.74) is 0. The Hall–Kier alpha value is -0.830. The summed E-state index contributed by atoms with van der Waals surface area (Å²) in [5, 5.41) is 3.12. The molecule has 1 rings (SSSR count). The normalized spacial score (nSPS) is 22.1. The van der Waals surface area contributed by atoms with Gasteiger partial charge in [-0.2, -0.15) is 0 Å². The first-order valence-electron chi connectivity index (χ1n) is 6.24. The van der Waals surface area contributed by atoms with E-state index < -0.39 is 0 Å². The first kappa shape index (κ1) is 13.2. The first-order valence-corrected chi connectivity index (χ1v) is 6.24. The number of carbonyl (C=O) groups excluding carboxylic acids is 1. The van der Waals surface area contributed by atoms with Gasteiger partial charge in [0, 0.05) is 25.6 Å². The van der Waals surface area contributed by atoms with Gasteiger partial charge in [0.2, 0.25) is 5.91 Å². The second kappa shape index (κ2) is 6.69. The van der Waals surface area contributed by atoms with Crippen molar-refractivity contribution in [2.24, 2.45) is 5.92 Å². The first-order chi connectivity index (χ1) is 7.61. The lowest BCUT2D eigenvalue weighted by molar-refractivity contribution is -0.122. The number of piperidine rings is 1. The Bertz CT molecular complexity index is 238. The van der Waals surface area contributed by atoms with Crippen LogP contribution in [0.4, 0.5) is 0 Å². The summed E-state index contributed by atoms with van der Waals surface area (Å²) in [7, 11) is 0. The molecule has 0 bridgehead atoms. The van der Waals surface area contributed by atoms with Gasteiger partial charge < -0.3 is 5.32 Å². The number of likely N-dealkylation sites (tertiary alicyclic amines) is 1. The highest BCUT2D eigenvalue weighted by Gasteiger charge is 2.20. The van der Waals surface area contributed by atoms with Crippen LogP contribution in [0.1, 0.15) is 33.1 Å². The summed E-state index contributed by atoms with van der Waals surface area (Å²) >= 11 is 0. The lowest BCUT2D eigenvalue weighted by Crippen LogP contribution is -2.47. The van der Waals surface area contributed by atoms with Gasteiger partial charge in [-0.3, -0.25) is 9.69 Å². The summed E-state index contributed by atoms with van der Waals surface area (Å²) in [4.78, 5) is 14.0. The van der Waals surface area contributed by atoms with E-state index in [1.165, 1.54) is 6.42 Å². The van der Waals surface area contributed by atoms with Crippen LogP contribution in [0.5, 0.6) is 0 Å². The Morgan fingerprint density at radius 2 is 2.38 bits per heavy atom. The maximum absolute atomic E-state index is 11.6. The molecule has 0 aliphatic carbocycles. The quantitative estimate of drug-likeness (QED) is 0.722. The Morgan fingerprint density at radius 3 is 3.00 bits per heavy atom. The van der Waals surface area contributed by atoms with Crippen LogP contribution >= 0.6 is 0 Å². The van der Waals surface area contributed by atoms with E-state index in [2.05, 4.69) is 30.6 Å². The molecule has 0 aromatic rings. The number of nitrogens with one attached hydrogen (secondary N) is 1. The minimum Gasteiger partial charge on any atom is -0.352 e. The lowest BCUT2D eigenvalue weighted by Gasteiger charge is -2.32. The van der Waals surface area contributed by atoms with Crippen molar-refractivity contribution >= 4 is 5.91 Å². The van der Waals surface area contributed by atoms with Gasteiger partial charge in [0.05, 0.1) is 0 Å². The Labute approximate surface area is 98.9 Å². The van der Waals surface area contributed by atoms with Gasteiger partial charge in [-0.05, 0) is 25.3 Å². The highest BCUT2D eigenvalue weighted by Crippen LogP contribution is 2.10. The smallest absolute Gasteiger partial charge is 0.220 e. The summed E-state index contributed by atoms with van der Waals surface area (Å²) in [6, 6.07) is 0.333. The minimum absolute atomic E-state index is 0.195. The molecular weight excluding hydrogens is 200 g/mol. The molecule has 1 unspecified atom stereocenters. The lowest BCUT2D eigenvalue weighted by atomic mass is 10.0. The molecule has 3 heteroatoms. The maximum Gasteiger partial charge on any atom is 0.220 e. The summed E-state index contributed by atoms with van der Waals surface area (Å²) < 4.78 is 0. The third-order valence-electron chi connectivity index (χ3n) is 2.85. The molecule has 0 aromatic carbocycles. The van der Waals surface area contributed by atoms with Gasteiger partial charge in [0.15, 0.2) is 0 Å². The molecule has 1 saturated heterocycles. The summed E-state index contributed by atoms with van der Waals surface area (Å²) in [6.45, 7) is 10.9. The van der Waals surface area contributed by atoms with Crippen molar-refractivity contribution in [1.29, 1.82) is 0 Å². The van der Waals surface area contributed by atoms with Gasteiger partial charge in [-0.1, -0.05) is 19.9 Å². The number of rotatable bonds is 5. The van der Waals surface area contributed by atoms with Crippen molar-refractivity contribution in [2.45, 2.75) is 39.2 Å². The minimum atomic E-state index is 0.195. The summed E-state index contributed by atoms with van der Waals surface area (Å²) in [6.07, 6.45) is 4.84. The van der Waals surface area contributed by atoms with Crippen LogP contribution < -0.4 is 5.32 Å². The van der Waals surface area contributed by atoms with Crippen molar-refractivity contribution < 1.29 is 4.79 Å². The van der Waals surface area contributed by atoms with E-state index in [0.29, 0.717) is 18.4 Å². The Morgan fingerprint density at radius 1 is 1.62 bits per heavy atom. The molecule has 1 heterocycles. The predicted octanol–water partition coefficient (Wildman–Crippen LogP) is 1.80. The number of nitrogens with zero attached hydrogens (tertiary/aromatic N) is 1. The fourth-order valence-corrected chi connectivity index (χ4v) is 2.18. The van der Waals surface area contributed by atoms with Gasteiger partial charge in [0.1, 0.15) is 0 Å². The molecule has 0 saturated carbocycles. The average Bonchev–Trinajstić information content (AvgIpc) is 2.17. The molecule has 92 valence electrons. The summed E-state index contributed by atoms with van der Waals surface area (Å²) in [5.74, 6) is 0.633. The van der Waals surface area contributed by atoms with Gasteiger partial charge >= 0.3 is 0 Å². The Kier molecular flexibility index (Phi) is 5.53. The van der Waals surface area contributed by atoms with Gasteiger partial charge in [-0.15, -0.1) is 6.58 Å². The van der Waals surface area contributed by atoms with Crippen LogP contribution in [0.3, 0.4) is 0 Å². The van der Waals surface area contributed by atoms with E-state index in [1.807, 2.05) is 6.08 Å². The standard InChI is InChI=1S/C13H24N2O/c1-4-7-15-8-5-6-12(10-15)14-13(16)9-11(2)3/h4,11-12H,1,5-10H2,2-3H3,(H,14,16). The molecule has 0 radical (unpaired) electrons. The molecule has 1 N–H and O–H groups in total. The van der Waals surface area contributed by atoms with E-state index in [0.717, 1.165) is 26.1 Å². The van der Waals surface area contributed by atoms with Crippen LogP contribution in [0.2, 0.25) is 0 Å². The van der Waals surface area contributed by atoms with Crippen molar-refractivity contribution in [3.63, 3.8) is 0 Å². The number of hydrogen-bond donors (Lipinski definition) is 1. The van der Waals surface area contributed by atoms with E-state index in [1.54, 1.807) is 0 Å². The predicted molar refractivity (Wildman–Crippen MR) is 67.3 cm³/mol. The number of carbonyl (C=O) groups is 1. The van der Waals surface area contributed by atoms with Crippen molar-refractivity contribution in [1.82, 2.24) is 10.2 Å². The zero-order chi connectivity index (χ0) is 12.0. The molecule has 1 fully saturated rings. The number of amides is 1.